The third kappa shape index (κ3) is 4.32. The monoisotopic (exact) mass is 363 g/mol. The zero-order valence-electron chi connectivity index (χ0n) is 13.7. The molecule has 1 amide bonds. The molecule has 2 aromatic rings. The maximum atomic E-state index is 12.3. The number of rotatable bonds is 6. The van der Waals surface area contributed by atoms with E-state index in [1.54, 1.807) is 7.05 Å². The summed E-state index contributed by atoms with van der Waals surface area (Å²) >= 11 is 0. The fourth-order valence-corrected chi connectivity index (χ4v) is 3.12. The van der Waals surface area contributed by atoms with Gasteiger partial charge in [-0.1, -0.05) is 6.07 Å². The number of nitrogens with one attached hydrogen (secondary N) is 1. The van der Waals surface area contributed by atoms with E-state index in [0.29, 0.717) is 12.1 Å². The Morgan fingerprint density at radius 2 is 1.84 bits per heavy atom. The summed E-state index contributed by atoms with van der Waals surface area (Å²) in [6, 6.07) is 10.7. The Bertz CT molecular complexity index is 894. The van der Waals surface area contributed by atoms with Crippen LogP contribution in [0, 0.1) is 10.1 Å². The minimum atomic E-state index is -3.97. The van der Waals surface area contributed by atoms with Crippen LogP contribution in [0.1, 0.15) is 17.3 Å². The van der Waals surface area contributed by atoms with E-state index in [9.17, 15) is 23.3 Å². The van der Waals surface area contributed by atoms with Gasteiger partial charge in [-0.2, -0.15) is 0 Å². The molecule has 0 heterocycles. The van der Waals surface area contributed by atoms with E-state index >= 15 is 0 Å². The molecule has 0 bridgehead atoms. The van der Waals surface area contributed by atoms with Crippen LogP contribution in [0.3, 0.4) is 0 Å². The third-order valence-electron chi connectivity index (χ3n) is 3.54. The Balaban J connectivity index is 2.22. The summed E-state index contributed by atoms with van der Waals surface area (Å²) in [5, 5.41) is 10.8. The van der Waals surface area contributed by atoms with Gasteiger partial charge in [0.25, 0.3) is 21.6 Å². The van der Waals surface area contributed by atoms with E-state index in [4.69, 9.17) is 0 Å². The van der Waals surface area contributed by atoms with Crippen LogP contribution in [-0.4, -0.2) is 37.7 Å². The molecule has 8 nitrogen and oxygen atoms in total. The molecule has 0 unspecified atom stereocenters. The first-order valence-electron chi connectivity index (χ1n) is 7.37. The number of non-ortho nitro benzene ring substituents is 1. The van der Waals surface area contributed by atoms with Crippen LogP contribution < -0.4 is 4.72 Å². The summed E-state index contributed by atoms with van der Waals surface area (Å²) in [6.45, 7) is 2.40. The van der Waals surface area contributed by atoms with Crippen molar-refractivity contribution in [1.82, 2.24) is 4.90 Å². The molecule has 0 aliphatic heterocycles. The maximum Gasteiger partial charge on any atom is 0.270 e. The van der Waals surface area contributed by atoms with Crippen molar-refractivity contribution in [3.05, 3.63) is 64.2 Å². The van der Waals surface area contributed by atoms with Gasteiger partial charge in [-0.05, 0) is 37.3 Å². The van der Waals surface area contributed by atoms with Gasteiger partial charge in [0.2, 0.25) is 0 Å². The van der Waals surface area contributed by atoms with E-state index in [0.717, 1.165) is 6.07 Å². The molecule has 0 aliphatic rings. The first-order chi connectivity index (χ1) is 11.7. The van der Waals surface area contributed by atoms with Gasteiger partial charge in [0.1, 0.15) is 0 Å². The fraction of sp³-hybridized carbons (Fsp3) is 0.188. The van der Waals surface area contributed by atoms with Gasteiger partial charge in [-0.25, -0.2) is 8.42 Å². The minimum Gasteiger partial charge on any atom is -0.342 e. The predicted molar refractivity (Wildman–Crippen MR) is 93.0 cm³/mol. The molecule has 0 radical (unpaired) electrons. The molecule has 0 aliphatic carbocycles. The van der Waals surface area contributed by atoms with Crippen molar-refractivity contribution in [3.63, 3.8) is 0 Å². The van der Waals surface area contributed by atoms with Gasteiger partial charge in [-0.15, -0.1) is 0 Å². The second kappa shape index (κ2) is 7.31. The molecule has 0 atom stereocenters. The van der Waals surface area contributed by atoms with Crippen molar-refractivity contribution >= 4 is 27.3 Å². The molecule has 0 spiro atoms. The molecule has 1 N–H and O–H groups in total. The van der Waals surface area contributed by atoms with Crippen LogP contribution in [0.15, 0.2) is 53.4 Å². The van der Waals surface area contributed by atoms with Crippen molar-refractivity contribution in [2.75, 3.05) is 18.3 Å². The number of hydrogen-bond donors (Lipinski definition) is 1. The number of nitrogens with zero attached hydrogens (tertiary/aromatic N) is 2. The number of amides is 1. The lowest BCUT2D eigenvalue weighted by Crippen LogP contribution is -2.26. The van der Waals surface area contributed by atoms with Crippen LogP contribution in [0.2, 0.25) is 0 Å². The Labute approximate surface area is 145 Å². The average Bonchev–Trinajstić information content (AvgIpc) is 2.60. The maximum absolute atomic E-state index is 12.3. The van der Waals surface area contributed by atoms with E-state index in [2.05, 4.69) is 4.72 Å². The second-order valence-electron chi connectivity index (χ2n) is 5.26. The van der Waals surface area contributed by atoms with E-state index in [1.807, 2.05) is 6.92 Å². The number of anilines is 1. The zero-order chi connectivity index (χ0) is 18.6. The number of sulfonamides is 1. The fourth-order valence-electron chi connectivity index (χ4n) is 2.02. The number of benzene rings is 2. The zero-order valence-corrected chi connectivity index (χ0v) is 14.5. The highest BCUT2D eigenvalue weighted by Gasteiger charge is 2.18. The molecule has 2 aromatic carbocycles. The van der Waals surface area contributed by atoms with Crippen LogP contribution >= 0.6 is 0 Å². The van der Waals surface area contributed by atoms with Crippen LogP contribution in [0.25, 0.3) is 0 Å². The Morgan fingerprint density at radius 1 is 1.20 bits per heavy atom. The van der Waals surface area contributed by atoms with E-state index in [1.165, 1.54) is 47.4 Å². The third-order valence-corrected chi connectivity index (χ3v) is 4.92. The Hall–Kier alpha value is -2.94. The Kier molecular flexibility index (Phi) is 5.38. The molecule has 132 valence electrons. The van der Waals surface area contributed by atoms with Gasteiger partial charge >= 0.3 is 0 Å². The van der Waals surface area contributed by atoms with Crippen molar-refractivity contribution < 1.29 is 18.1 Å². The van der Waals surface area contributed by atoms with Crippen molar-refractivity contribution in [1.29, 1.82) is 0 Å². The highest BCUT2D eigenvalue weighted by Crippen LogP contribution is 2.21. The predicted octanol–water partition coefficient (Wildman–Crippen LogP) is 2.49. The molecular weight excluding hydrogens is 346 g/mol. The topological polar surface area (TPSA) is 110 Å². The van der Waals surface area contributed by atoms with Crippen LogP contribution in [-0.2, 0) is 10.0 Å². The lowest BCUT2D eigenvalue weighted by molar-refractivity contribution is -0.385. The van der Waals surface area contributed by atoms with Gasteiger partial charge in [0.05, 0.1) is 9.82 Å². The van der Waals surface area contributed by atoms with Crippen LogP contribution in [0.4, 0.5) is 11.4 Å². The Morgan fingerprint density at radius 3 is 2.40 bits per heavy atom. The van der Waals surface area contributed by atoms with Gasteiger partial charge in [-0.3, -0.25) is 19.6 Å². The summed E-state index contributed by atoms with van der Waals surface area (Å²) in [4.78, 5) is 23.4. The summed E-state index contributed by atoms with van der Waals surface area (Å²) in [5.74, 6) is -0.171. The smallest absolute Gasteiger partial charge is 0.270 e. The highest BCUT2D eigenvalue weighted by molar-refractivity contribution is 7.92. The summed E-state index contributed by atoms with van der Waals surface area (Å²) in [5.41, 5.74) is 0.372. The minimum absolute atomic E-state index is 0.171. The van der Waals surface area contributed by atoms with Gasteiger partial charge < -0.3 is 4.90 Å². The number of nitro groups is 1. The number of nitro benzene ring substituents is 1. The summed E-state index contributed by atoms with van der Waals surface area (Å²) in [7, 11) is -2.31. The average molecular weight is 363 g/mol. The van der Waals surface area contributed by atoms with Crippen molar-refractivity contribution in [2.45, 2.75) is 11.8 Å². The number of hydrogen-bond acceptors (Lipinski definition) is 5. The summed E-state index contributed by atoms with van der Waals surface area (Å²) in [6.07, 6.45) is 0. The van der Waals surface area contributed by atoms with Gasteiger partial charge in [0.15, 0.2) is 0 Å². The number of carbonyl (C=O) groups is 1. The first-order valence-corrected chi connectivity index (χ1v) is 8.85. The molecule has 0 aromatic heterocycles. The highest BCUT2D eigenvalue weighted by atomic mass is 32.2. The van der Waals surface area contributed by atoms with E-state index < -0.39 is 14.9 Å². The molecule has 0 saturated heterocycles. The molecular formula is C16H17N3O5S. The molecule has 2 rings (SSSR count). The largest absolute Gasteiger partial charge is 0.342 e. The number of carbonyl (C=O) groups excluding carboxylic acids is 1. The van der Waals surface area contributed by atoms with Crippen molar-refractivity contribution in [2.24, 2.45) is 0 Å². The lowest BCUT2D eigenvalue weighted by atomic mass is 10.2. The lowest BCUT2D eigenvalue weighted by Gasteiger charge is -2.14. The molecule has 0 saturated carbocycles. The SMILES string of the molecule is CCN(C)C(=O)c1ccc(NS(=O)(=O)c2cccc([N+](=O)[O-])c2)cc1. The first kappa shape index (κ1) is 18.4. The summed E-state index contributed by atoms with van der Waals surface area (Å²) < 4.78 is 27.0. The standard InChI is InChI=1S/C16H17N3O5S/c1-3-18(2)16(20)12-7-9-13(10-8-12)17-25(23,24)15-6-4-5-14(11-15)19(21)22/h4-11,17H,3H2,1-2H3. The van der Waals surface area contributed by atoms with Crippen molar-refractivity contribution in [3.8, 4) is 0 Å². The van der Waals surface area contributed by atoms with Gasteiger partial charge in [0, 0.05) is 37.0 Å². The van der Waals surface area contributed by atoms with E-state index in [-0.39, 0.29) is 22.2 Å². The quantitative estimate of drug-likeness (QED) is 0.626. The molecule has 0 fully saturated rings. The van der Waals surface area contributed by atoms with Crippen LogP contribution in [0.5, 0.6) is 0 Å². The molecule has 9 heteroatoms. The molecule has 25 heavy (non-hydrogen) atoms. The second-order valence-corrected chi connectivity index (χ2v) is 6.94. The normalized spacial score (nSPS) is 11.0.